The van der Waals surface area contributed by atoms with E-state index in [0.29, 0.717) is 4.90 Å². The first-order valence-corrected chi connectivity index (χ1v) is 4.86. The highest BCUT2D eigenvalue weighted by Gasteiger charge is 2.19. The minimum Gasteiger partial charge on any atom is -0.465 e. The maximum atomic E-state index is 11.3. The lowest BCUT2D eigenvalue weighted by Gasteiger charge is -2.14. The van der Waals surface area contributed by atoms with Gasteiger partial charge in [-0.05, 0) is 12.5 Å². The summed E-state index contributed by atoms with van der Waals surface area (Å²) in [5.74, 6) is 0. The summed E-state index contributed by atoms with van der Waals surface area (Å²) in [7, 11) is 0. The maximum Gasteiger partial charge on any atom is 0.419 e. The van der Waals surface area contributed by atoms with Crippen LogP contribution in [-0.4, -0.2) is 28.7 Å². The number of rotatable bonds is 3. The summed E-state index contributed by atoms with van der Waals surface area (Å²) in [6, 6.07) is 9.07. The molecule has 0 heterocycles. The largest absolute Gasteiger partial charge is 0.465 e. The smallest absolute Gasteiger partial charge is 0.419 e. The highest BCUT2D eigenvalue weighted by atomic mass is 16.6. The number of hydrogen-bond acceptors (Lipinski definition) is 3. The molecule has 0 atom stereocenters. The Morgan fingerprint density at radius 2 is 1.94 bits per heavy atom. The second kappa shape index (κ2) is 5.75. The molecule has 0 spiro atoms. The van der Waals surface area contributed by atoms with Gasteiger partial charge in [-0.2, -0.15) is 0 Å². The summed E-state index contributed by atoms with van der Waals surface area (Å²) >= 11 is 0. The van der Waals surface area contributed by atoms with Crippen molar-refractivity contribution in [2.75, 3.05) is 6.54 Å². The Labute approximate surface area is 93.2 Å². The Morgan fingerprint density at radius 1 is 1.31 bits per heavy atom. The standard InChI is InChI=1S/C11H13NO4/c1-2-12(10(13)14)11(15)16-8-9-6-4-3-5-7-9/h3-7H,2,8H2,1H3,(H,13,14). The van der Waals surface area contributed by atoms with Crippen LogP contribution in [0.2, 0.25) is 0 Å². The molecular weight excluding hydrogens is 210 g/mol. The molecule has 0 unspecified atom stereocenters. The fraction of sp³-hybridized carbons (Fsp3) is 0.273. The number of carbonyl (C=O) groups excluding carboxylic acids is 1. The zero-order valence-electron chi connectivity index (χ0n) is 8.92. The molecule has 0 radical (unpaired) electrons. The van der Waals surface area contributed by atoms with Gasteiger partial charge in [-0.1, -0.05) is 30.3 Å². The Morgan fingerprint density at radius 3 is 2.44 bits per heavy atom. The van der Waals surface area contributed by atoms with E-state index in [1.165, 1.54) is 0 Å². The van der Waals surface area contributed by atoms with Crippen molar-refractivity contribution in [1.29, 1.82) is 0 Å². The molecule has 16 heavy (non-hydrogen) atoms. The molecule has 0 fully saturated rings. The van der Waals surface area contributed by atoms with Gasteiger partial charge in [0.25, 0.3) is 0 Å². The van der Waals surface area contributed by atoms with Crippen LogP contribution >= 0.6 is 0 Å². The summed E-state index contributed by atoms with van der Waals surface area (Å²) in [6.45, 7) is 1.71. The lowest BCUT2D eigenvalue weighted by Crippen LogP contribution is -2.35. The topological polar surface area (TPSA) is 66.8 Å². The van der Waals surface area contributed by atoms with E-state index in [-0.39, 0.29) is 13.2 Å². The van der Waals surface area contributed by atoms with Crippen molar-refractivity contribution < 1.29 is 19.4 Å². The average molecular weight is 223 g/mol. The van der Waals surface area contributed by atoms with E-state index in [0.717, 1.165) is 5.56 Å². The van der Waals surface area contributed by atoms with Crippen molar-refractivity contribution in [3.63, 3.8) is 0 Å². The fourth-order valence-corrected chi connectivity index (χ4v) is 1.14. The zero-order valence-corrected chi connectivity index (χ0v) is 8.92. The molecule has 0 aliphatic carbocycles. The normalized spacial score (nSPS) is 9.56. The minimum atomic E-state index is -1.31. The Hall–Kier alpha value is -2.04. The summed E-state index contributed by atoms with van der Waals surface area (Å²) < 4.78 is 4.85. The first kappa shape index (κ1) is 12.0. The third-order valence-electron chi connectivity index (χ3n) is 1.97. The van der Waals surface area contributed by atoms with E-state index < -0.39 is 12.2 Å². The van der Waals surface area contributed by atoms with Crippen LogP contribution in [0.5, 0.6) is 0 Å². The Kier molecular flexibility index (Phi) is 4.32. The van der Waals surface area contributed by atoms with Crippen LogP contribution in [0.4, 0.5) is 9.59 Å². The quantitative estimate of drug-likeness (QED) is 0.853. The number of ether oxygens (including phenoxy) is 1. The van der Waals surface area contributed by atoms with Crippen molar-refractivity contribution >= 4 is 12.2 Å². The predicted octanol–water partition coefficient (Wildman–Crippen LogP) is 2.32. The van der Waals surface area contributed by atoms with Gasteiger partial charge in [-0.3, -0.25) is 0 Å². The van der Waals surface area contributed by atoms with Gasteiger partial charge in [0.15, 0.2) is 0 Å². The molecule has 0 aliphatic heterocycles. The van der Waals surface area contributed by atoms with Crippen molar-refractivity contribution in [3.05, 3.63) is 35.9 Å². The lowest BCUT2D eigenvalue weighted by atomic mass is 10.2. The minimum absolute atomic E-state index is 0.0724. The number of carbonyl (C=O) groups is 2. The van der Waals surface area contributed by atoms with Crippen LogP contribution < -0.4 is 0 Å². The highest BCUT2D eigenvalue weighted by molar-refractivity contribution is 5.86. The second-order valence-corrected chi connectivity index (χ2v) is 3.07. The van der Waals surface area contributed by atoms with E-state index in [1.54, 1.807) is 19.1 Å². The predicted molar refractivity (Wildman–Crippen MR) is 57.0 cm³/mol. The molecule has 1 aromatic rings. The molecule has 86 valence electrons. The summed E-state index contributed by atoms with van der Waals surface area (Å²) in [6.07, 6.45) is -2.15. The summed E-state index contributed by atoms with van der Waals surface area (Å²) in [4.78, 5) is 22.5. The van der Waals surface area contributed by atoms with Crippen LogP contribution in [0.15, 0.2) is 30.3 Å². The van der Waals surface area contributed by atoms with E-state index >= 15 is 0 Å². The van der Waals surface area contributed by atoms with Crippen molar-refractivity contribution in [2.24, 2.45) is 0 Å². The Bertz CT molecular complexity index is 364. The van der Waals surface area contributed by atoms with Gasteiger partial charge < -0.3 is 9.84 Å². The van der Waals surface area contributed by atoms with Gasteiger partial charge in [0.05, 0.1) is 0 Å². The number of nitrogens with zero attached hydrogens (tertiary/aromatic N) is 1. The average Bonchev–Trinajstić information content (AvgIpc) is 2.28. The highest BCUT2D eigenvalue weighted by Crippen LogP contribution is 2.03. The van der Waals surface area contributed by atoms with Crippen molar-refractivity contribution in [3.8, 4) is 0 Å². The van der Waals surface area contributed by atoms with Crippen LogP contribution in [0.1, 0.15) is 12.5 Å². The van der Waals surface area contributed by atoms with E-state index in [9.17, 15) is 9.59 Å². The molecule has 0 bridgehead atoms. The number of benzene rings is 1. The van der Waals surface area contributed by atoms with Crippen molar-refractivity contribution in [1.82, 2.24) is 4.90 Å². The lowest BCUT2D eigenvalue weighted by molar-refractivity contribution is 0.0914. The third kappa shape index (κ3) is 3.27. The third-order valence-corrected chi connectivity index (χ3v) is 1.97. The first-order valence-electron chi connectivity index (χ1n) is 4.86. The first-order chi connectivity index (χ1) is 7.65. The summed E-state index contributed by atoms with van der Waals surface area (Å²) in [5, 5.41) is 8.67. The molecule has 1 aromatic carbocycles. The molecule has 0 aromatic heterocycles. The van der Waals surface area contributed by atoms with Gasteiger partial charge in [0.2, 0.25) is 0 Å². The molecule has 2 amide bonds. The van der Waals surface area contributed by atoms with Gasteiger partial charge >= 0.3 is 12.2 Å². The number of carboxylic acid groups (broad SMARTS) is 1. The molecule has 1 N–H and O–H groups in total. The van der Waals surface area contributed by atoms with E-state index in [2.05, 4.69) is 0 Å². The van der Waals surface area contributed by atoms with Crippen LogP contribution in [0, 0.1) is 0 Å². The van der Waals surface area contributed by atoms with Gasteiger partial charge in [-0.15, -0.1) is 0 Å². The molecule has 0 saturated carbocycles. The Balaban J connectivity index is 2.49. The molecular formula is C11H13NO4. The van der Waals surface area contributed by atoms with Gasteiger partial charge in [0.1, 0.15) is 6.61 Å². The zero-order chi connectivity index (χ0) is 12.0. The van der Waals surface area contributed by atoms with Crippen molar-refractivity contribution in [2.45, 2.75) is 13.5 Å². The van der Waals surface area contributed by atoms with Gasteiger partial charge in [-0.25, -0.2) is 14.5 Å². The molecule has 0 saturated heterocycles. The fourth-order valence-electron chi connectivity index (χ4n) is 1.14. The van der Waals surface area contributed by atoms with Crippen LogP contribution in [0.25, 0.3) is 0 Å². The number of hydrogen-bond donors (Lipinski definition) is 1. The van der Waals surface area contributed by atoms with Gasteiger partial charge in [0, 0.05) is 6.54 Å². The number of imide groups is 1. The maximum absolute atomic E-state index is 11.3. The number of amides is 2. The molecule has 5 nitrogen and oxygen atoms in total. The van der Waals surface area contributed by atoms with E-state index in [1.807, 2.05) is 18.2 Å². The SMILES string of the molecule is CCN(C(=O)O)C(=O)OCc1ccccc1. The van der Waals surface area contributed by atoms with E-state index in [4.69, 9.17) is 9.84 Å². The second-order valence-electron chi connectivity index (χ2n) is 3.07. The van der Waals surface area contributed by atoms with Crippen LogP contribution in [0.3, 0.4) is 0 Å². The molecule has 5 heteroatoms. The molecule has 0 aliphatic rings. The van der Waals surface area contributed by atoms with Crippen LogP contribution in [-0.2, 0) is 11.3 Å². The summed E-state index contributed by atoms with van der Waals surface area (Å²) in [5.41, 5.74) is 0.817. The monoisotopic (exact) mass is 223 g/mol. The molecule has 1 rings (SSSR count).